The Balaban J connectivity index is 1.41. The second-order valence-electron chi connectivity index (χ2n) is 7.02. The highest BCUT2D eigenvalue weighted by atomic mass is 16.5. The molecule has 1 saturated carbocycles. The number of hydrogen-bond donors (Lipinski definition) is 2. The molecule has 1 fully saturated rings. The van der Waals surface area contributed by atoms with Gasteiger partial charge in [0.2, 0.25) is 0 Å². The number of carboxylic acid groups (broad SMARTS) is 1. The van der Waals surface area contributed by atoms with Crippen molar-refractivity contribution in [2.24, 2.45) is 5.92 Å². The van der Waals surface area contributed by atoms with E-state index < -0.39 is 12.1 Å². The Morgan fingerprint density at radius 3 is 2.19 bits per heavy atom. The highest BCUT2D eigenvalue weighted by molar-refractivity contribution is 5.79. The quantitative estimate of drug-likeness (QED) is 0.879. The number of aliphatic carboxylic acids is 1. The predicted molar refractivity (Wildman–Crippen MR) is 97.0 cm³/mol. The first-order valence-corrected chi connectivity index (χ1v) is 8.98. The number of alkyl carbamates (subject to hydrolysis) is 1. The normalized spacial score (nSPS) is 21.1. The molecule has 2 aliphatic carbocycles. The third-order valence-corrected chi connectivity index (χ3v) is 5.45. The van der Waals surface area contributed by atoms with E-state index in [4.69, 9.17) is 9.84 Å². The Bertz CT molecular complexity index is 802. The number of rotatable bonds is 4. The van der Waals surface area contributed by atoms with E-state index in [0.717, 1.165) is 0 Å². The molecule has 2 N–H and O–H groups in total. The summed E-state index contributed by atoms with van der Waals surface area (Å²) >= 11 is 0. The summed E-state index contributed by atoms with van der Waals surface area (Å²) < 4.78 is 5.50. The van der Waals surface area contributed by atoms with E-state index in [1.54, 1.807) is 0 Å². The fraction of sp³-hybridized carbons (Fsp3) is 0.333. The van der Waals surface area contributed by atoms with Crippen molar-refractivity contribution in [3.05, 3.63) is 59.7 Å². The summed E-state index contributed by atoms with van der Waals surface area (Å²) in [6.45, 7) is 0.273. The maximum atomic E-state index is 12.2. The van der Waals surface area contributed by atoms with E-state index in [9.17, 15) is 9.59 Å². The Hall–Kier alpha value is -2.82. The number of fused-ring (bicyclic) bond motifs is 3. The molecular formula is C21H21NO4. The number of hydrogen-bond acceptors (Lipinski definition) is 3. The fourth-order valence-corrected chi connectivity index (χ4v) is 4.14. The van der Waals surface area contributed by atoms with Crippen LogP contribution in [0.4, 0.5) is 4.79 Å². The Morgan fingerprint density at radius 2 is 1.62 bits per heavy atom. The minimum atomic E-state index is -0.790. The van der Waals surface area contributed by atoms with Gasteiger partial charge in [-0.15, -0.1) is 0 Å². The van der Waals surface area contributed by atoms with Gasteiger partial charge in [0.25, 0.3) is 0 Å². The van der Waals surface area contributed by atoms with Gasteiger partial charge in [-0.3, -0.25) is 4.79 Å². The van der Waals surface area contributed by atoms with E-state index >= 15 is 0 Å². The lowest BCUT2D eigenvalue weighted by Gasteiger charge is -2.16. The van der Waals surface area contributed by atoms with Gasteiger partial charge in [0.05, 0.1) is 5.92 Å². The minimum absolute atomic E-state index is 0.0310. The lowest BCUT2D eigenvalue weighted by atomic mass is 9.98. The van der Waals surface area contributed by atoms with E-state index in [-0.39, 0.29) is 24.5 Å². The van der Waals surface area contributed by atoms with Crippen molar-refractivity contribution in [1.29, 1.82) is 0 Å². The maximum absolute atomic E-state index is 12.2. The molecule has 0 saturated heterocycles. The summed E-state index contributed by atoms with van der Waals surface area (Å²) in [7, 11) is 0. The molecule has 0 aromatic heterocycles. The van der Waals surface area contributed by atoms with E-state index in [0.29, 0.717) is 19.3 Å². The summed E-state index contributed by atoms with van der Waals surface area (Å²) in [5.41, 5.74) is 4.73. The monoisotopic (exact) mass is 351 g/mol. The van der Waals surface area contributed by atoms with E-state index in [1.807, 2.05) is 24.3 Å². The molecule has 26 heavy (non-hydrogen) atoms. The lowest BCUT2D eigenvalue weighted by Crippen LogP contribution is -2.34. The number of nitrogens with one attached hydrogen (secondary N) is 1. The molecule has 2 aromatic rings. The van der Waals surface area contributed by atoms with Crippen LogP contribution in [0.25, 0.3) is 11.1 Å². The molecule has 5 heteroatoms. The Morgan fingerprint density at radius 1 is 1.00 bits per heavy atom. The van der Waals surface area contributed by atoms with Crippen molar-refractivity contribution >= 4 is 12.1 Å². The molecule has 2 aliphatic rings. The first-order valence-electron chi connectivity index (χ1n) is 8.98. The second-order valence-corrected chi connectivity index (χ2v) is 7.02. The lowest BCUT2D eigenvalue weighted by molar-refractivity contribution is -0.141. The highest BCUT2D eigenvalue weighted by Crippen LogP contribution is 2.44. The average molecular weight is 351 g/mol. The van der Waals surface area contributed by atoms with Gasteiger partial charge in [-0.25, -0.2) is 4.79 Å². The van der Waals surface area contributed by atoms with Gasteiger partial charge in [0, 0.05) is 12.0 Å². The van der Waals surface area contributed by atoms with Crippen LogP contribution in [0.15, 0.2) is 48.5 Å². The van der Waals surface area contributed by atoms with Crippen LogP contribution >= 0.6 is 0 Å². The molecule has 5 nitrogen and oxygen atoms in total. The van der Waals surface area contributed by atoms with Gasteiger partial charge in [-0.2, -0.15) is 0 Å². The smallest absolute Gasteiger partial charge is 0.407 e. The summed E-state index contributed by atoms with van der Waals surface area (Å²) in [4.78, 5) is 23.2. The largest absolute Gasteiger partial charge is 0.481 e. The third kappa shape index (κ3) is 3.05. The third-order valence-electron chi connectivity index (χ3n) is 5.45. The summed E-state index contributed by atoms with van der Waals surface area (Å²) in [6.07, 6.45) is 1.28. The van der Waals surface area contributed by atoms with E-state index in [1.165, 1.54) is 22.3 Å². The van der Waals surface area contributed by atoms with Crippen LogP contribution < -0.4 is 5.32 Å². The van der Waals surface area contributed by atoms with Crippen LogP contribution in [0.1, 0.15) is 36.3 Å². The number of amides is 1. The Labute approximate surface area is 152 Å². The predicted octanol–water partition coefficient (Wildman–Crippen LogP) is 3.78. The molecule has 0 aliphatic heterocycles. The zero-order valence-corrected chi connectivity index (χ0v) is 14.4. The first kappa shape index (κ1) is 16.6. The first-order chi connectivity index (χ1) is 12.6. The molecule has 4 rings (SSSR count). The SMILES string of the molecule is O=C(N[C@@H]1CC[C@@H](C(=O)O)C1)OCC1c2ccccc2-c2ccccc21. The van der Waals surface area contributed by atoms with Crippen LogP contribution in [-0.2, 0) is 9.53 Å². The molecule has 134 valence electrons. The van der Waals surface area contributed by atoms with Gasteiger partial charge in [0.1, 0.15) is 6.61 Å². The Kier molecular flexibility index (Phi) is 4.37. The number of carbonyl (C=O) groups excluding carboxylic acids is 1. The molecule has 2 aromatic carbocycles. The summed E-state index contributed by atoms with van der Waals surface area (Å²) in [6, 6.07) is 16.3. The molecule has 1 amide bonds. The van der Waals surface area contributed by atoms with Crippen molar-refractivity contribution in [1.82, 2.24) is 5.32 Å². The molecule has 0 radical (unpaired) electrons. The summed E-state index contributed by atoms with van der Waals surface area (Å²) in [5.74, 6) is -1.13. The molecule has 0 bridgehead atoms. The van der Waals surface area contributed by atoms with Gasteiger partial charge in [0.15, 0.2) is 0 Å². The van der Waals surface area contributed by atoms with Gasteiger partial charge >= 0.3 is 12.1 Å². The van der Waals surface area contributed by atoms with Crippen LogP contribution in [0, 0.1) is 5.92 Å². The molecule has 0 unspecified atom stereocenters. The standard InChI is InChI=1S/C21H21NO4/c23-20(24)13-9-10-14(11-13)22-21(25)26-12-19-17-7-3-1-5-15(17)16-6-2-4-8-18(16)19/h1-8,13-14,19H,9-12H2,(H,22,25)(H,23,24)/t13-,14-/m1/s1. The van der Waals surface area contributed by atoms with Crippen molar-refractivity contribution in [3.63, 3.8) is 0 Å². The highest BCUT2D eigenvalue weighted by Gasteiger charge is 2.32. The number of carboxylic acids is 1. The van der Waals surface area contributed by atoms with Gasteiger partial charge in [-0.05, 0) is 41.5 Å². The minimum Gasteiger partial charge on any atom is -0.481 e. The number of carbonyl (C=O) groups is 2. The van der Waals surface area contributed by atoms with Crippen LogP contribution in [0.3, 0.4) is 0 Å². The molecular weight excluding hydrogens is 330 g/mol. The van der Waals surface area contributed by atoms with Crippen LogP contribution in [-0.4, -0.2) is 29.8 Å². The second kappa shape index (κ2) is 6.83. The number of ether oxygens (including phenoxy) is 1. The molecule has 0 heterocycles. The van der Waals surface area contributed by atoms with Crippen molar-refractivity contribution in [2.75, 3.05) is 6.61 Å². The topological polar surface area (TPSA) is 75.6 Å². The molecule has 2 atom stereocenters. The van der Waals surface area contributed by atoms with Crippen molar-refractivity contribution < 1.29 is 19.4 Å². The summed E-state index contributed by atoms with van der Waals surface area (Å²) in [5, 5.41) is 11.9. The maximum Gasteiger partial charge on any atom is 0.407 e. The zero-order valence-electron chi connectivity index (χ0n) is 14.4. The van der Waals surface area contributed by atoms with E-state index in [2.05, 4.69) is 29.6 Å². The van der Waals surface area contributed by atoms with Crippen LogP contribution in [0.5, 0.6) is 0 Å². The van der Waals surface area contributed by atoms with Crippen molar-refractivity contribution in [2.45, 2.75) is 31.2 Å². The van der Waals surface area contributed by atoms with Gasteiger partial charge in [-0.1, -0.05) is 48.5 Å². The average Bonchev–Trinajstić information content (AvgIpc) is 3.23. The number of benzene rings is 2. The van der Waals surface area contributed by atoms with Gasteiger partial charge < -0.3 is 15.2 Å². The fourth-order valence-electron chi connectivity index (χ4n) is 4.14. The van der Waals surface area contributed by atoms with Crippen molar-refractivity contribution in [3.8, 4) is 11.1 Å². The molecule has 0 spiro atoms. The zero-order chi connectivity index (χ0) is 18.1. The van der Waals surface area contributed by atoms with Crippen LogP contribution in [0.2, 0.25) is 0 Å².